The maximum Gasteiger partial charge on any atom is 0.250 e. The molecule has 0 spiro atoms. The summed E-state index contributed by atoms with van der Waals surface area (Å²) in [5, 5.41) is 13.4. The second-order valence-corrected chi connectivity index (χ2v) is 7.64. The van der Waals surface area contributed by atoms with Crippen molar-refractivity contribution in [3.05, 3.63) is 90.5 Å². The first-order valence-electron chi connectivity index (χ1n) is 9.89. The predicted octanol–water partition coefficient (Wildman–Crippen LogP) is 4.19. The van der Waals surface area contributed by atoms with Crippen LogP contribution < -0.4 is 10.2 Å². The Labute approximate surface area is 190 Å². The lowest BCUT2D eigenvalue weighted by Crippen LogP contribution is -2.20. The van der Waals surface area contributed by atoms with Crippen LogP contribution in [-0.4, -0.2) is 39.7 Å². The molecule has 1 N–H and O–H groups in total. The first-order chi connectivity index (χ1) is 15.7. The summed E-state index contributed by atoms with van der Waals surface area (Å²) in [6, 6.07) is 27.1. The number of carbonyl (C=O) groups excluding carboxylic acids is 1. The van der Waals surface area contributed by atoms with Gasteiger partial charge in [-0.15, -0.1) is 10.2 Å². The molecule has 0 bridgehead atoms. The Kier molecular flexibility index (Phi) is 6.94. The molecule has 0 atom stereocenters. The van der Waals surface area contributed by atoms with Crippen LogP contribution in [-0.2, 0) is 4.79 Å². The van der Waals surface area contributed by atoms with Crippen molar-refractivity contribution in [3.8, 4) is 22.8 Å². The maximum atomic E-state index is 12.3. The minimum Gasteiger partial charge on any atom is -0.497 e. The number of rotatable bonds is 8. The van der Waals surface area contributed by atoms with Crippen molar-refractivity contribution in [2.75, 3.05) is 12.9 Å². The molecule has 1 aromatic heterocycles. The summed E-state index contributed by atoms with van der Waals surface area (Å²) < 4.78 is 7.14. The van der Waals surface area contributed by atoms with E-state index in [9.17, 15) is 4.79 Å². The second kappa shape index (κ2) is 10.4. The van der Waals surface area contributed by atoms with Crippen LogP contribution in [0.3, 0.4) is 0 Å². The van der Waals surface area contributed by atoms with E-state index in [-0.39, 0.29) is 11.7 Å². The number of carbonyl (C=O) groups is 1. The van der Waals surface area contributed by atoms with Crippen molar-refractivity contribution in [1.82, 2.24) is 20.2 Å². The highest BCUT2D eigenvalue weighted by atomic mass is 32.2. The molecule has 0 saturated heterocycles. The Morgan fingerprint density at radius 2 is 1.78 bits per heavy atom. The van der Waals surface area contributed by atoms with E-state index < -0.39 is 0 Å². The maximum absolute atomic E-state index is 12.3. The molecule has 4 rings (SSSR count). The fraction of sp³-hybridized carbons (Fsp3) is 0.0833. The smallest absolute Gasteiger partial charge is 0.250 e. The summed E-state index contributed by atoms with van der Waals surface area (Å²) in [6.07, 6.45) is 1.57. The topological polar surface area (TPSA) is 81.4 Å². The van der Waals surface area contributed by atoms with E-state index in [2.05, 4.69) is 20.7 Å². The van der Waals surface area contributed by atoms with Gasteiger partial charge in [0.25, 0.3) is 5.91 Å². The van der Waals surface area contributed by atoms with E-state index in [1.165, 1.54) is 11.8 Å². The summed E-state index contributed by atoms with van der Waals surface area (Å²) in [5.74, 6) is 1.36. The number of nitrogens with one attached hydrogen (secondary N) is 1. The zero-order valence-electron chi connectivity index (χ0n) is 17.4. The lowest BCUT2D eigenvalue weighted by atomic mass is 10.2. The monoisotopic (exact) mass is 443 g/mol. The number of thioether (sulfide) groups is 1. The van der Waals surface area contributed by atoms with E-state index >= 15 is 0 Å². The minimum atomic E-state index is -0.238. The average molecular weight is 444 g/mol. The van der Waals surface area contributed by atoms with Gasteiger partial charge in [-0.3, -0.25) is 9.36 Å². The Morgan fingerprint density at radius 3 is 2.53 bits per heavy atom. The molecule has 0 unspecified atom stereocenters. The Balaban J connectivity index is 1.46. The van der Waals surface area contributed by atoms with Gasteiger partial charge in [0.05, 0.1) is 19.1 Å². The van der Waals surface area contributed by atoms with Gasteiger partial charge < -0.3 is 4.74 Å². The first-order valence-corrected chi connectivity index (χ1v) is 10.9. The predicted molar refractivity (Wildman–Crippen MR) is 126 cm³/mol. The average Bonchev–Trinajstić information content (AvgIpc) is 3.28. The number of methoxy groups -OCH3 is 1. The molecule has 7 nitrogen and oxygen atoms in total. The summed E-state index contributed by atoms with van der Waals surface area (Å²) in [5.41, 5.74) is 5.25. The molecule has 0 aliphatic carbocycles. The third kappa shape index (κ3) is 5.22. The van der Waals surface area contributed by atoms with Crippen LogP contribution >= 0.6 is 11.8 Å². The molecule has 4 aromatic rings. The summed E-state index contributed by atoms with van der Waals surface area (Å²) >= 11 is 1.30. The molecule has 0 aliphatic rings. The Hall–Kier alpha value is -3.91. The van der Waals surface area contributed by atoms with Crippen LogP contribution in [0.25, 0.3) is 17.1 Å². The fourth-order valence-electron chi connectivity index (χ4n) is 3.01. The summed E-state index contributed by atoms with van der Waals surface area (Å²) in [7, 11) is 1.60. The third-order valence-corrected chi connectivity index (χ3v) is 5.44. The van der Waals surface area contributed by atoms with Crippen molar-refractivity contribution in [1.29, 1.82) is 0 Å². The van der Waals surface area contributed by atoms with Crippen molar-refractivity contribution in [2.24, 2.45) is 5.10 Å². The van der Waals surface area contributed by atoms with E-state index in [1.807, 2.05) is 89.5 Å². The molecule has 1 amide bonds. The first kappa shape index (κ1) is 21.3. The molecular weight excluding hydrogens is 422 g/mol. The zero-order valence-corrected chi connectivity index (χ0v) is 18.2. The van der Waals surface area contributed by atoms with Crippen LogP contribution in [0.4, 0.5) is 0 Å². The van der Waals surface area contributed by atoms with Gasteiger partial charge in [-0.2, -0.15) is 5.10 Å². The van der Waals surface area contributed by atoms with E-state index in [0.717, 1.165) is 28.4 Å². The Bertz CT molecular complexity index is 1210. The summed E-state index contributed by atoms with van der Waals surface area (Å²) in [6.45, 7) is 0. The number of nitrogens with zero attached hydrogens (tertiary/aromatic N) is 4. The molecule has 3 aromatic carbocycles. The zero-order chi connectivity index (χ0) is 22.2. The van der Waals surface area contributed by atoms with Crippen molar-refractivity contribution in [3.63, 3.8) is 0 Å². The number of amides is 1. The van der Waals surface area contributed by atoms with Crippen LogP contribution in [0, 0.1) is 0 Å². The van der Waals surface area contributed by atoms with Gasteiger partial charge in [-0.1, -0.05) is 72.4 Å². The van der Waals surface area contributed by atoms with E-state index in [1.54, 1.807) is 13.3 Å². The molecule has 160 valence electrons. The fourth-order valence-corrected chi connectivity index (χ4v) is 3.75. The molecule has 1 heterocycles. The molecule has 0 fully saturated rings. The number of para-hydroxylation sites is 1. The number of aromatic nitrogens is 3. The van der Waals surface area contributed by atoms with Crippen molar-refractivity contribution < 1.29 is 9.53 Å². The lowest BCUT2D eigenvalue weighted by molar-refractivity contribution is -0.118. The van der Waals surface area contributed by atoms with Crippen LogP contribution in [0.15, 0.2) is 95.2 Å². The Morgan fingerprint density at radius 1 is 1.03 bits per heavy atom. The van der Waals surface area contributed by atoms with Crippen LogP contribution in [0.5, 0.6) is 5.75 Å². The number of benzene rings is 3. The third-order valence-electron chi connectivity index (χ3n) is 4.51. The lowest BCUT2D eigenvalue weighted by Gasteiger charge is -2.10. The van der Waals surface area contributed by atoms with Crippen molar-refractivity contribution >= 4 is 23.9 Å². The molecule has 0 aliphatic heterocycles. The van der Waals surface area contributed by atoms with Gasteiger partial charge in [0.15, 0.2) is 11.0 Å². The highest BCUT2D eigenvalue weighted by Gasteiger charge is 2.16. The van der Waals surface area contributed by atoms with E-state index in [0.29, 0.717) is 5.16 Å². The van der Waals surface area contributed by atoms with Crippen LogP contribution in [0.2, 0.25) is 0 Å². The van der Waals surface area contributed by atoms with Gasteiger partial charge in [0, 0.05) is 11.3 Å². The quantitative estimate of drug-likeness (QED) is 0.251. The number of hydrazone groups is 1. The van der Waals surface area contributed by atoms with Crippen molar-refractivity contribution in [2.45, 2.75) is 5.16 Å². The SMILES string of the molecule is COc1cccc(/C=N/NC(=O)CSc2nnc(-c3ccccc3)n2-c2ccccc2)c1. The molecule has 0 radical (unpaired) electrons. The standard InChI is InChI=1S/C24H21N5O2S/c1-31-21-14-8-9-18(15-21)16-25-26-22(30)17-32-24-28-27-23(19-10-4-2-5-11-19)29(24)20-12-6-3-7-13-20/h2-16H,17H2,1H3,(H,26,30)/b25-16+. The normalized spacial score (nSPS) is 10.9. The van der Waals surface area contributed by atoms with Crippen LogP contribution in [0.1, 0.15) is 5.56 Å². The van der Waals surface area contributed by atoms with E-state index in [4.69, 9.17) is 4.74 Å². The van der Waals surface area contributed by atoms with Gasteiger partial charge in [0.1, 0.15) is 5.75 Å². The highest BCUT2D eigenvalue weighted by Crippen LogP contribution is 2.27. The van der Waals surface area contributed by atoms with Gasteiger partial charge >= 0.3 is 0 Å². The highest BCUT2D eigenvalue weighted by molar-refractivity contribution is 7.99. The van der Waals surface area contributed by atoms with Gasteiger partial charge in [-0.05, 0) is 29.8 Å². The molecule has 8 heteroatoms. The molecule has 32 heavy (non-hydrogen) atoms. The number of hydrogen-bond acceptors (Lipinski definition) is 6. The largest absolute Gasteiger partial charge is 0.497 e. The second-order valence-electron chi connectivity index (χ2n) is 6.70. The molecular formula is C24H21N5O2S. The minimum absolute atomic E-state index is 0.148. The molecule has 0 saturated carbocycles. The number of hydrogen-bond donors (Lipinski definition) is 1. The summed E-state index contributed by atoms with van der Waals surface area (Å²) in [4.78, 5) is 12.3. The number of ether oxygens (including phenoxy) is 1. The van der Waals surface area contributed by atoms with Gasteiger partial charge in [0.2, 0.25) is 0 Å². The van der Waals surface area contributed by atoms with Gasteiger partial charge in [-0.25, -0.2) is 5.43 Å².